The number of aryl methyl sites for hydroxylation is 1. The van der Waals surface area contributed by atoms with Crippen molar-refractivity contribution in [2.75, 3.05) is 33.2 Å². The molecule has 1 unspecified atom stereocenters. The van der Waals surface area contributed by atoms with Crippen molar-refractivity contribution in [2.45, 2.75) is 44.8 Å². The zero-order valence-electron chi connectivity index (χ0n) is 20.2. The van der Waals surface area contributed by atoms with Crippen molar-refractivity contribution in [3.63, 3.8) is 0 Å². The lowest BCUT2D eigenvalue weighted by Crippen LogP contribution is -2.19. The van der Waals surface area contributed by atoms with Crippen molar-refractivity contribution < 1.29 is 23.3 Å². The van der Waals surface area contributed by atoms with Gasteiger partial charge in [0.05, 0.1) is 42.3 Å². The number of halogens is 1. The van der Waals surface area contributed by atoms with Gasteiger partial charge >= 0.3 is 0 Å². The lowest BCUT2D eigenvalue weighted by atomic mass is 10.0. The quantitative estimate of drug-likeness (QED) is 0.500. The van der Waals surface area contributed by atoms with Crippen LogP contribution in [-0.2, 0) is 17.7 Å². The van der Waals surface area contributed by atoms with Crippen molar-refractivity contribution in [3.8, 4) is 17.4 Å². The number of fused-ring (bicyclic) bond motifs is 2. The molecular formula is C25H33FN4O4S. The average Bonchev–Trinajstić information content (AvgIpc) is 2.94. The molecule has 2 N–H and O–H groups in total. The molecule has 0 aromatic carbocycles. The van der Waals surface area contributed by atoms with Crippen LogP contribution < -0.4 is 19.9 Å². The lowest BCUT2D eigenvalue weighted by molar-refractivity contribution is 0.0114. The SMILES string of the molecule is COc1ccc2ncc(F)c(CCC3CCCCO3)c2n1.CS.NCc1cc2c(cn1)OCCO2. The minimum Gasteiger partial charge on any atom is -0.486 e. The number of nitrogens with two attached hydrogens (primary N) is 1. The molecular weight excluding hydrogens is 471 g/mol. The number of thiol groups is 1. The summed E-state index contributed by atoms with van der Waals surface area (Å²) in [7, 11) is 1.55. The minimum absolute atomic E-state index is 0.229. The smallest absolute Gasteiger partial charge is 0.213 e. The van der Waals surface area contributed by atoms with Crippen LogP contribution in [-0.4, -0.2) is 54.2 Å². The lowest BCUT2D eigenvalue weighted by Gasteiger charge is -2.22. The molecule has 0 aliphatic carbocycles. The summed E-state index contributed by atoms with van der Waals surface area (Å²) in [5, 5.41) is 0. The summed E-state index contributed by atoms with van der Waals surface area (Å²) < 4.78 is 35.6. The number of methoxy groups -OCH3 is 1. The zero-order valence-corrected chi connectivity index (χ0v) is 21.1. The second-order valence-corrected chi connectivity index (χ2v) is 7.86. The van der Waals surface area contributed by atoms with Gasteiger partial charge in [-0.3, -0.25) is 9.97 Å². The Labute approximate surface area is 210 Å². The van der Waals surface area contributed by atoms with E-state index in [0.717, 1.165) is 37.3 Å². The molecule has 3 aromatic rings. The fourth-order valence-electron chi connectivity index (χ4n) is 3.87. The maximum Gasteiger partial charge on any atom is 0.213 e. The molecule has 0 radical (unpaired) electrons. The fraction of sp³-hybridized carbons (Fsp3) is 0.480. The summed E-state index contributed by atoms with van der Waals surface area (Å²) >= 11 is 3.53. The Bertz CT molecular complexity index is 1080. The van der Waals surface area contributed by atoms with Crippen LogP contribution in [0, 0.1) is 5.82 Å². The van der Waals surface area contributed by atoms with Gasteiger partial charge in [0.25, 0.3) is 0 Å². The molecule has 10 heteroatoms. The van der Waals surface area contributed by atoms with Gasteiger partial charge in [-0.25, -0.2) is 9.37 Å². The van der Waals surface area contributed by atoms with Crippen LogP contribution in [0.15, 0.2) is 30.6 Å². The van der Waals surface area contributed by atoms with Gasteiger partial charge in [0.15, 0.2) is 11.5 Å². The van der Waals surface area contributed by atoms with Crippen molar-refractivity contribution in [3.05, 3.63) is 47.7 Å². The van der Waals surface area contributed by atoms with Crippen LogP contribution >= 0.6 is 12.6 Å². The van der Waals surface area contributed by atoms with Gasteiger partial charge in [-0.2, -0.15) is 12.6 Å². The first-order valence-electron chi connectivity index (χ1n) is 11.7. The van der Waals surface area contributed by atoms with Gasteiger partial charge in [-0.05, 0) is 44.4 Å². The summed E-state index contributed by atoms with van der Waals surface area (Å²) in [5.74, 6) is 1.62. The molecule has 35 heavy (non-hydrogen) atoms. The third kappa shape index (κ3) is 7.39. The van der Waals surface area contributed by atoms with Gasteiger partial charge in [-0.1, -0.05) is 0 Å². The summed E-state index contributed by atoms with van der Waals surface area (Å²) in [6.45, 7) is 2.44. The van der Waals surface area contributed by atoms with Gasteiger partial charge in [0.1, 0.15) is 19.0 Å². The summed E-state index contributed by atoms with van der Waals surface area (Å²) in [6, 6.07) is 5.36. The maximum absolute atomic E-state index is 14.1. The second kappa shape index (κ2) is 14.0. The first kappa shape index (κ1) is 26.9. The molecule has 8 nitrogen and oxygen atoms in total. The molecule has 5 heterocycles. The van der Waals surface area contributed by atoms with Crippen molar-refractivity contribution in [1.82, 2.24) is 15.0 Å². The number of ether oxygens (including phenoxy) is 4. The topological polar surface area (TPSA) is 102 Å². The van der Waals surface area contributed by atoms with E-state index in [2.05, 4.69) is 27.6 Å². The zero-order chi connectivity index (χ0) is 25.0. The van der Waals surface area contributed by atoms with E-state index in [1.807, 2.05) is 6.07 Å². The van der Waals surface area contributed by atoms with Crippen molar-refractivity contribution >= 4 is 23.7 Å². The minimum atomic E-state index is -0.306. The largest absolute Gasteiger partial charge is 0.486 e. The van der Waals surface area contributed by atoms with E-state index in [1.54, 1.807) is 31.7 Å². The number of pyridine rings is 3. The molecule has 0 spiro atoms. The molecule has 1 atom stereocenters. The third-order valence-electron chi connectivity index (χ3n) is 5.63. The van der Waals surface area contributed by atoms with E-state index >= 15 is 0 Å². The van der Waals surface area contributed by atoms with E-state index in [4.69, 9.17) is 24.7 Å². The number of hydrogen-bond acceptors (Lipinski definition) is 9. The molecule has 3 aromatic heterocycles. The van der Waals surface area contributed by atoms with Crippen molar-refractivity contribution in [2.24, 2.45) is 5.73 Å². The van der Waals surface area contributed by atoms with Crippen LogP contribution in [0.1, 0.15) is 36.9 Å². The Morgan fingerprint density at radius 2 is 1.89 bits per heavy atom. The van der Waals surface area contributed by atoms with Gasteiger partial charge in [-0.15, -0.1) is 0 Å². The van der Waals surface area contributed by atoms with E-state index in [9.17, 15) is 4.39 Å². The summed E-state index contributed by atoms with van der Waals surface area (Å²) in [5.41, 5.74) is 8.13. The predicted molar refractivity (Wildman–Crippen MR) is 136 cm³/mol. The average molecular weight is 505 g/mol. The van der Waals surface area contributed by atoms with Gasteiger partial charge in [0.2, 0.25) is 5.88 Å². The summed E-state index contributed by atoms with van der Waals surface area (Å²) in [6.07, 6.45) is 9.64. The van der Waals surface area contributed by atoms with E-state index < -0.39 is 0 Å². The summed E-state index contributed by atoms with van der Waals surface area (Å²) in [4.78, 5) is 12.5. The first-order chi connectivity index (χ1) is 17.2. The Hall–Kier alpha value is -2.69. The standard InChI is InChI=1S/C16H19FN2O2.C8H10N2O2.CH4S/c1-20-15-8-7-14-16(19-15)12(13(17)10-18-14)6-5-11-4-2-3-9-21-11;9-4-6-3-7-8(5-10-6)12-2-1-11-7;1-2/h7-8,10-11H,2-6,9H2,1H3;3,5H,1-2,4,9H2;2H,1H3. The molecule has 2 aliphatic rings. The monoisotopic (exact) mass is 504 g/mol. The Balaban J connectivity index is 0.000000207. The normalized spacial score (nSPS) is 16.4. The van der Waals surface area contributed by atoms with Gasteiger partial charge in [0, 0.05) is 30.8 Å². The highest BCUT2D eigenvalue weighted by Gasteiger charge is 2.17. The molecule has 2 aliphatic heterocycles. The highest BCUT2D eigenvalue weighted by atomic mass is 32.1. The fourth-order valence-corrected chi connectivity index (χ4v) is 3.87. The van der Waals surface area contributed by atoms with E-state index in [-0.39, 0.29) is 11.9 Å². The molecule has 190 valence electrons. The number of aromatic nitrogens is 3. The van der Waals surface area contributed by atoms with Crippen LogP contribution in [0.25, 0.3) is 11.0 Å². The number of hydrogen-bond donors (Lipinski definition) is 2. The van der Waals surface area contributed by atoms with E-state index in [1.165, 1.54) is 12.6 Å². The maximum atomic E-state index is 14.1. The molecule has 0 bridgehead atoms. The Kier molecular flexibility index (Phi) is 10.8. The van der Waals surface area contributed by atoms with E-state index in [0.29, 0.717) is 54.4 Å². The molecule has 0 amide bonds. The molecule has 0 saturated carbocycles. The molecule has 5 rings (SSSR count). The number of nitrogens with zero attached hydrogens (tertiary/aromatic N) is 3. The predicted octanol–water partition coefficient (Wildman–Crippen LogP) is 4.14. The highest BCUT2D eigenvalue weighted by molar-refractivity contribution is 7.79. The molecule has 1 saturated heterocycles. The first-order valence-corrected chi connectivity index (χ1v) is 12.6. The second-order valence-electron chi connectivity index (χ2n) is 7.86. The van der Waals surface area contributed by atoms with Crippen LogP contribution in [0.4, 0.5) is 4.39 Å². The van der Waals surface area contributed by atoms with Crippen LogP contribution in [0.2, 0.25) is 0 Å². The van der Waals surface area contributed by atoms with Gasteiger partial charge < -0.3 is 24.7 Å². The third-order valence-corrected chi connectivity index (χ3v) is 5.63. The molecule has 1 fully saturated rings. The Morgan fingerprint density at radius 3 is 2.60 bits per heavy atom. The van der Waals surface area contributed by atoms with Crippen LogP contribution in [0.3, 0.4) is 0 Å². The Morgan fingerprint density at radius 1 is 1.09 bits per heavy atom. The number of rotatable bonds is 5. The van der Waals surface area contributed by atoms with Crippen LogP contribution in [0.5, 0.6) is 17.4 Å². The highest BCUT2D eigenvalue weighted by Crippen LogP contribution is 2.29. The van der Waals surface area contributed by atoms with Crippen molar-refractivity contribution in [1.29, 1.82) is 0 Å².